The average molecular weight is 469 g/mol. The van der Waals surface area contributed by atoms with Gasteiger partial charge in [0.05, 0.1) is 5.69 Å². The summed E-state index contributed by atoms with van der Waals surface area (Å²) < 4.78 is 1.95. The molecule has 6 heteroatoms. The molecule has 1 unspecified atom stereocenters. The summed E-state index contributed by atoms with van der Waals surface area (Å²) in [4.78, 5) is 4.34. The van der Waals surface area contributed by atoms with E-state index in [1.54, 1.807) is 0 Å². The van der Waals surface area contributed by atoms with E-state index < -0.39 is 0 Å². The molecule has 2 rings (SSSR count). The predicted octanol–water partition coefficient (Wildman–Crippen LogP) is 3.38. The summed E-state index contributed by atoms with van der Waals surface area (Å²) in [7, 11) is 3.81. The van der Waals surface area contributed by atoms with Gasteiger partial charge in [-0.15, -0.1) is 24.0 Å². The van der Waals surface area contributed by atoms with E-state index in [4.69, 9.17) is 0 Å². The molecular formula is C20H32IN5. The van der Waals surface area contributed by atoms with Gasteiger partial charge < -0.3 is 10.6 Å². The SMILES string of the molecule is CN=C(NCCc1c(C)nn(C)c1C)NC(C)CCc1ccccc1.I. The molecule has 1 aromatic heterocycles. The van der Waals surface area contributed by atoms with Crippen LogP contribution in [0.15, 0.2) is 35.3 Å². The Labute approximate surface area is 174 Å². The maximum Gasteiger partial charge on any atom is 0.191 e. The van der Waals surface area contributed by atoms with Crippen molar-refractivity contribution in [2.24, 2.45) is 12.0 Å². The number of hydrogen-bond donors (Lipinski definition) is 2. The van der Waals surface area contributed by atoms with Crippen molar-refractivity contribution in [2.75, 3.05) is 13.6 Å². The Balaban J connectivity index is 0.00000338. The van der Waals surface area contributed by atoms with Gasteiger partial charge in [-0.25, -0.2) is 0 Å². The Morgan fingerprint density at radius 1 is 1.19 bits per heavy atom. The normalized spacial score (nSPS) is 12.4. The van der Waals surface area contributed by atoms with E-state index in [9.17, 15) is 0 Å². The van der Waals surface area contributed by atoms with Crippen molar-refractivity contribution < 1.29 is 0 Å². The minimum absolute atomic E-state index is 0. The molecule has 0 spiro atoms. The van der Waals surface area contributed by atoms with Crippen LogP contribution < -0.4 is 10.6 Å². The molecule has 0 aliphatic heterocycles. The van der Waals surface area contributed by atoms with E-state index in [0.717, 1.165) is 37.5 Å². The quantitative estimate of drug-likeness (QED) is 0.372. The lowest BCUT2D eigenvalue weighted by Gasteiger charge is -2.18. The summed E-state index contributed by atoms with van der Waals surface area (Å²) in [5.74, 6) is 0.861. The number of aliphatic imine (C=N–C) groups is 1. The topological polar surface area (TPSA) is 54.2 Å². The molecule has 0 fully saturated rings. The zero-order chi connectivity index (χ0) is 18.2. The number of aryl methyl sites for hydroxylation is 3. The van der Waals surface area contributed by atoms with Crippen molar-refractivity contribution in [1.82, 2.24) is 20.4 Å². The molecule has 1 atom stereocenters. The Bertz CT molecular complexity index is 694. The van der Waals surface area contributed by atoms with Crippen LogP contribution in [0.25, 0.3) is 0 Å². The first-order valence-corrected chi connectivity index (χ1v) is 9.01. The van der Waals surface area contributed by atoms with Crippen LogP contribution in [0.1, 0.15) is 35.9 Å². The molecule has 2 N–H and O–H groups in total. The fourth-order valence-corrected chi connectivity index (χ4v) is 3.01. The highest BCUT2D eigenvalue weighted by Crippen LogP contribution is 2.11. The lowest BCUT2D eigenvalue weighted by atomic mass is 10.1. The van der Waals surface area contributed by atoms with Gasteiger partial charge >= 0.3 is 0 Å². The molecule has 5 nitrogen and oxygen atoms in total. The fourth-order valence-electron chi connectivity index (χ4n) is 3.01. The van der Waals surface area contributed by atoms with Gasteiger partial charge in [0, 0.05) is 32.4 Å². The largest absolute Gasteiger partial charge is 0.356 e. The molecule has 0 saturated heterocycles. The minimum Gasteiger partial charge on any atom is -0.356 e. The highest BCUT2D eigenvalue weighted by Gasteiger charge is 2.10. The first-order valence-electron chi connectivity index (χ1n) is 9.01. The molecule has 0 amide bonds. The second-order valence-corrected chi connectivity index (χ2v) is 6.59. The third-order valence-electron chi connectivity index (χ3n) is 4.64. The van der Waals surface area contributed by atoms with Crippen LogP contribution in [0.5, 0.6) is 0 Å². The average Bonchev–Trinajstić information content (AvgIpc) is 2.86. The summed E-state index contributed by atoms with van der Waals surface area (Å²) in [5, 5.41) is 11.4. The number of nitrogens with zero attached hydrogens (tertiary/aromatic N) is 3. The van der Waals surface area contributed by atoms with E-state index >= 15 is 0 Å². The van der Waals surface area contributed by atoms with Crippen molar-refractivity contribution in [2.45, 2.75) is 46.1 Å². The molecule has 0 aliphatic carbocycles. The molecule has 0 radical (unpaired) electrons. The van der Waals surface area contributed by atoms with Crippen LogP contribution >= 0.6 is 24.0 Å². The van der Waals surface area contributed by atoms with Crippen molar-refractivity contribution >= 4 is 29.9 Å². The van der Waals surface area contributed by atoms with Crippen molar-refractivity contribution in [3.05, 3.63) is 52.8 Å². The van der Waals surface area contributed by atoms with Gasteiger partial charge in [-0.3, -0.25) is 9.67 Å². The van der Waals surface area contributed by atoms with Gasteiger partial charge in [0.25, 0.3) is 0 Å². The highest BCUT2D eigenvalue weighted by molar-refractivity contribution is 14.0. The van der Waals surface area contributed by atoms with E-state index in [1.807, 2.05) is 18.8 Å². The molecule has 144 valence electrons. The summed E-state index contributed by atoms with van der Waals surface area (Å²) in [6.45, 7) is 7.23. The fraction of sp³-hybridized carbons (Fsp3) is 0.500. The number of aromatic nitrogens is 2. The maximum atomic E-state index is 4.47. The zero-order valence-corrected chi connectivity index (χ0v) is 18.9. The van der Waals surface area contributed by atoms with Gasteiger partial charge in [-0.1, -0.05) is 30.3 Å². The monoisotopic (exact) mass is 469 g/mol. The zero-order valence-electron chi connectivity index (χ0n) is 16.5. The summed E-state index contributed by atoms with van der Waals surface area (Å²) in [6.07, 6.45) is 3.09. The first kappa shape index (κ1) is 22.5. The smallest absolute Gasteiger partial charge is 0.191 e. The lowest BCUT2D eigenvalue weighted by molar-refractivity contribution is 0.593. The van der Waals surface area contributed by atoms with E-state index in [0.29, 0.717) is 6.04 Å². The molecule has 0 saturated carbocycles. The van der Waals surface area contributed by atoms with Gasteiger partial charge in [0.1, 0.15) is 0 Å². The second kappa shape index (κ2) is 11.2. The molecule has 1 heterocycles. The van der Waals surface area contributed by atoms with Crippen molar-refractivity contribution in [3.63, 3.8) is 0 Å². The Morgan fingerprint density at radius 2 is 1.88 bits per heavy atom. The van der Waals surface area contributed by atoms with Crippen LogP contribution in [0, 0.1) is 13.8 Å². The third-order valence-corrected chi connectivity index (χ3v) is 4.64. The predicted molar refractivity (Wildman–Crippen MR) is 121 cm³/mol. The van der Waals surface area contributed by atoms with Crippen molar-refractivity contribution in [3.8, 4) is 0 Å². The Kier molecular flexibility index (Phi) is 9.69. The summed E-state index contributed by atoms with van der Waals surface area (Å²) in [6, 6.07) is 11.0. The Morgan fingerprint density at radius 3 is 2.46 bits per heavy atom. The van der Waals surface area contributed by atoms with Crippen LogP contribution in [-0.2, 0) is 19.9 Å². The minimum atomic E-state index is 0. The summed E-state index contributed by atoms with van der Waals surface area (Å²) >= 11 is 0. The number of guanidine groups is 1. The second-order valence-electron chi connectivity index (χ2n) is 6.59. The van der Waals surface area contributed by atoms with Crippen LogP contribution in [0.4, 0.5) is 0 Å². The van der Waals surface area contributed by atoms with Gasteiger partial charge in [0.2, 0.25) is 0 Å². The van der Waals surface area contributed by atoms with Crippen molar-refractivity contribution in [1.29, 1.82) is 0 Å². The number of rotatable bonds is 7. The Hall–Kier alpha value is -1.57. The van der Waals surface area contributed by atoms with E-state index in [-0.39, 0.29) is 24.0 Å². The highest BCUT2D eigenvalue weighted by atomic mass is 127. The molecule has 1 aromatic carbocycles. The number of nitrogens with one attached hydrogen (secondary N) is 2. The molecular weight excluding hydrogens is 437 g/mol. The number of benzene rings is 1. The molecule has 0 bridgehead atoms. The molecule has 2 aromatic rings. The third kappa shape index (κ3) is 6.63. The molecule has 0 aliphatic rings. The maximum absolute atomic E-state index is 4.47. The first-order chi connectivity index (χ1) is 12.0. The van der Waals surface area contributed by atoms with E-state index in [2.05, 4.69) is 71.8 Å². The van der Waals surface area contributed by atoms with E-state index in [1.165, 1.54) is 16.8 Å². The van der Waals surface area contributed by atoms with Crippen LogP contribution in [-0.4, -0.2) is 35.4 Å². The summed E-state index contributed by atoms with van der Waals surface area (Å²) in [5.41, 5.74) is 5.05. The van der Waals surface area contributed by atoms with Crippen LogP contribution in [0.3, 0.4) is 0 Å². The van der Waals surface area contributed by atoms with Gasteiger partial charge in [0.15, 0.2) is 5.96 Å². The number of halogens is 1. The lowest BCUT2D eigenvalue weighted by Crippen LogP contribution is -2.43. The molecule has 26 heavy (non-hydrogen) atoms. The standard InChI is InChI=1S/C20H31N5.HI/c1-15(11-12-18-9-7-6-8-10-18)23-20(21-4)22-14-13-19-16(2)24-25(5)17(19)3;/h6-10,15H,11-14H2,1-5H3,(H2,21,22,23);1H. The number of hydrogen-bond acceptors (Lipinski definition) is 2. The van der Waals surface area contributed by atoms with Gasteiger partial charge in [-0.05, 0) is 51.2 Å². The van der Waals surface area contributed by atoms with Crippen LogP contribution in [0.2, 0.25) is 0 Å². The van der Waals surface area contributed by atoms with Gasteiger partial charge in [-0.2, -0.15) is 5.10 Å².